The van der Waals surface area contributed by atoms with E-state index in [0.717, 1.165) is 29.0 Å². The summed E-state index contributed by atoms with van der Waals surface area (Å²) in [6.07, 6.45) is 2.15. The fraction of sp³-hybridized carbons (Fsp3) is 0.300. The van der Waals surface area contributed by atoms with Crippen LogP contribution in [-0.2, 0) is 11.2 Å². The molecule has 1 N–H and O–H groups in total. The monoisotopic (exact) mass is 341 g/mol. The molecule has 126 valence electrons. The zero-order chi connectivity index (χ0) is 17.5. The maximum absolute atomic E-state index is 12.6. The van der Waals surface area contributed by atoms with E-state index < -0.39 is 0 Å². The molecule has 1 amide bonds. The molecule has 0 bridgehead atoms. The van der Waals surface area contributed by atoms with E-state index in [1.54, 1.807) is 0 Å². The molecule has 24 heavy (non-hydrogen) atoms. The molecule has 2 aromatic carbocycles. The highest BCUT2D eigenvalue weighted by Gasteiger charge is 2.16. The predicted octanol–water partition coefficient (Wildman–Crippen LogP) is 4.96. The minimum absolute atomic E-state index is 0.0922. The van der Waals surface area contributed by atoms with Crippen LogP contribution < -0.4 is 5.32 Å². The van der Waals surface area contributed by atoms with Gasteiger partial charge in [0.05, 0.1) is 5.25 Å². The first kappa shape index (κ1) is 18.3. The number of benzene rings is 2. The number of Topliss-reactive ketones (excluding diaryl/α,β-unsaturated/α-hetero) is 1. The van der Waals surface area contributed by atoms with E-state index in [1.165, 1.54) is 24.2 Å². The number of hydrogen-bond donors (Lipinski definition) is 1. The standard InChI is InChI=1S/C20H23NO2S/c1-4-5-16-6-8-17(9-7-16)20(23)14(2)24-19-12-10-18(11-13-19)21-15(3)22/h6-14H,4-5H2,1-3H3,(H,21,22). The molecule has 0 saturated heterocycles. The third-order valence-electron chi connectivity index (χ3n) is 3.63. The molecule has 0 spiro atoms. The SMILES string of the molecule is CCCc1ccc(C(=O)C(C)Sc2ccc(NC(C)=O)cc2)cc1. The Balaban J connectivity index is 1.99. The van der Waals surface area contributed by atoms with Gasteiger partial charge >= 0.3 is 0 Å². The van der Waals surface area contributed by atoms with Crippen LogP contribution in [0.3, 0.4) is 0 Å². The number of carbonyl (C=O) groups is 2. The van der Waals surface area contributed by atoms with Crippen LogP contribution in [0, 0.1) is 0 Å². The van der Waals surface area contributed by atoms with Gasteiger partial charge in [-0.25, -0.2) is 0 Å². The summed E-state index contributed by atoms with van der Waals surface area (Å²) in [6, 6.07) is 15.5. The minimum atomic E-state index is -0.159. The van der Waals surface area contributed by atoms with Gasteiger partial charge in [-0.1, -0.05) is 37.6 Å². The van der Waals surface area contributed by atoms with Crippen molar-refractivity contribution < 1.29 is 9.59 Å². The second kappa shape index (κ2) is 8.69. The van der Waals surface area contributed by atoms with Crippen LogP contribution in [0.2, 0.25) is 0 Å². The van der Waals surface area contributed by atoms with E-state index in [2.05, 4.69) is 12.2 Å². The number of hydrogen-bond acceptors (Lipinski definition) is 3. The van der Waals surface area contributed by atoms with Crippen molar-refractivity contribution in [1.82, 2.24) is 0 Å². The summed E-state index contributed by atoms with van der Waals surface area (Å²) in [5, 5.41) is 2.58. The number of aryl methyl sites for hydroxylation is 1. The van der Waals surface area contributed by atoms with Gasteiger partial charge < -0.3 is 5.32 Å². The molecular weight excluding hydrogens is 318 g/mol. The van der Waals surface area contributed by atoms with Gasteiger partial charge in [-0.05, 0) is 43.2 Å². The molecule has 2 rings (SSSR count). The second-order valence-electron chi connectivity index (χ2n) is 5.78. The fourth-order valence-electron chi connectivity index (χ4n) is 2.44. The molecule has 0 aromatic heterocycles. The fourth-order valence-corrected chi connectivity index (χ4v) is 3.38. The largest absolute Gasteiger partial charge is 0.326 e. The molecule has 0 fully saturated rings. The Labute approximate surface area is 147 Å². The Kier molecular flexibility index (Phi) is 6.62. The summed E-state index contributed by atoms with van der Waals surface area (Å²) in [7, 11) is 0. The van der Waals surface area contributed by atoms with E-state index in [9.17, 15) is 9.59 Å². The van der Waals surface area contributed by atoms with Gasteiger partial charge in [0, 0.05) is 23.1 Å². The second-order valence-corrected chi connectivity index (χ2v) is 7.19. The van der Waals surface area contributed by atoms with Gasteiger partial charge in [0.1, 0.15) is 0 Å². The Bertz CT molecular complexity index is 693. The Hall–Kier alpha value is -2.07. The van der Waals surface area contributed by atoms with Crippen molar-refractivity contribution in [3.8, 4) is 0 Å². The Morgan fingerprint density at radius 1 is 1.04 bits per heavy atom. The molecule has 4 heteroatoms. The Morgan fingerprint density at radius 3 is 2.21 bits per heavy atom. The molecule has 0 radical (unpaired) electrons. The lowest BCUT2D eigenvalue weighted by Gasteiger charge is -2.11. The van der Waals surface area contributed by atoms with E-state index >= 15 is 0 Å². The smallest absolute Gasteiger partial charge is 0.221 e. The zero-order valence-electron chi connectivity index (χ0n) is 14.3. The van der Waals surface area contributed by atoms with Crippen LogP contribution in [0.1, 0.15) is 43.1 Å². The lowest BCUT2D eigenvalue weighted by molar-refractivity contribution is -0.114. The van der Waals surface area contributed by atoms with Gasteiger partial charge in [0.25, 0.3) is 0 Å². The van der Waals surface area contributed by atoms with Crippen molar-refractivity contribution in [2.24, 2.45) is 0 Å². The van der Waals surface area contributed by atoms with Crippen LogP contribution >= 0.6 is 11.8 Å². The topological polar surface area (TPSA) is 46.2 Å². The number of thioether (sulfide) groups is 1. The van der Waals surface area contributed by atoms with Crippen molar-refractivity contribution in [1.29, 1.82) is 0 Å². The average Bonchev–Trinajstić information content (AvgIpc) is 2.56. The van der Waals surface area contributed by atoms with E-state index in [-0.39, 0.29) is 16.9 Å². The lowest BCUT2D eigenvalue weighted by Crippen LogP contribution is -2.13. The molecule has 1 atom stereocenters. The van der Waals surface area contributed by atoms with Crippen molar-refractivity contribution in [2.75, 3.05) is 5.32 Å². The number of rotatable bonds is 7. The van der Waals surface area contributed by atoms with Gasteiger partial charge in [-0.15, -0.1) is 11.8 Å². The molecule has 0 aliphatic heterocycles. The van der Waals surface area contributed by atoms with Gasteiger partial charge in [0.2, 0.25) is 5.91 Å². The van der Waals surface area contributed by atoms with E-state index in [4.69, 9.17) is 0 Å². The molecule has 0 saturated carbocycles. The summed E-state index contributed by atoms with van der Waals surface area (Å²) in [6.45, 7) is 5.55. The first-order valence-electron chi connectivity index (χ1n) is 8.17. The number of anilines is 1. The van der Waals surface area contributed by atoms with E-state index in [0.29, 0.717) is 0 Å². The van der Waals surface area contributed by atoms with Crippen molar-refractivity contribution in [3.05, 3.63) is 59.7 Å². The Morgan fingerprint density at radius 2 is 1.67 bits per heavy atom. The van der Waals surface area contributed by atoms with Gasteiger partial charge in [-0.2, -0.15) is 0 Å². The van der Waals surface area contributed by atoms with Crippen LogP contribution in [0.4, 0.5) is 5.69 Å². The first-order valence-corrected chi connectivity index (χ1v) is 9.05. The predicted molar refractivity (Wildman–Crippen MR) is 101 cm³/mol. The molecule has 0 aliphatic rings. The van der Waals surface area contributed by atoms with Crippen molar-refractivity contribution in [2.45, 2.75) is 43.8 Å². The van der Waals surface area contributed by atoms with Gasteiger partial charge in [0.15, 0.2) is 5.78 Å². The van der Waals surface area contributed by atoms with Crippen molar-refractivity contribution in [3.63, 3.8) is 0 Å². The third kappa shape index (κ3) is 5.24. The molecular formula is C20H23NO2S. The summed E-state index contributed by atoms with van der Waals surface area (Å²) < 4.78 is 0. The highest BCUT2D eigenvalue weighted by atomic mass is 32.2. The summed E-state index contributed by atoms with van der Waals surface area (Å²) in [5.41, 5.74) is 2.78. The zero-order valence-corrected chi connectivity index (χ0v) is 15.2. The van der Waals surface area contributed by atoms with Crippen LogP contribution in [0.25, 0.3) is 0 Å². The average molecular weight is 341 g/mol. The number of carbonyl (C=O) groups excluding carboxylic acids is 2. The number of ketones is 1. The minimum Gasteiger partial charge on any atom is -0.326 e. The molecule has 3 nitrogen and oxygen atoms in total. The number of nitrogens with one attached hydrogen (secondary N) is 1. The van der Waals surface area contributed by atoms with Crippen molar-refractivity contribution >= 4 is 29.1 Å². The summed E-state index contributed by atoms with van der Waals surface area (Å²) in [4.78, 5) is 24.6. The normalized spacial score (nSPS) is 11.8. The first-order chi connectivity index (χ1) is 11.5. The van der Waals surface area contributed by atoms with Crippen LogP contribution in [-0.4, -0.2) is 16.9 Å². The lowest BCUT2D eigenvalue weighted by atomic mass is 10.0. The molecule has 0 aliphatic carbocycles. The highest BCUT2D eigenvalue weighted by Crippen LogP contribution is 2.27. The van der Waals surface area contributed by atoms with E-state index in [1.807, 2.05) is 55.5 Å². The maximum atomic E-state index is 12.6. The summed E-state index contributed by atoms with van der Waals surface area (Å²) in [5.74, 6) is 0.0412. The van der Waals surface area contributed by atoms with Crippen LogP contribution in [0.15, 0.2) is 53.4 Å². The maximum Gasteiger partial charge on any atom is 0.221 e. The van der Waals surface area contributed by atoms with Crippen LogP contribution in [0.5, 0.6) is 0 Å². The molecule has 0 heterocycles. The quantitative estimate of drug-likeness (QED) is 0.572. The molecule has 1 unspecified atom stereocenters. The van der Waals surface area contributed by atoms with Gasteiger partial charge in [-0.3, -0.25) is 9.59 Å². The molecule has 2 aromatic rings. The highest BCUT2D eigenvalue weighted by molar-refractivity contribution is 8.00. The summed E-state index contributed by atoms with van der Waals surface area (Å²) >= 11 is 1.53. The third-order valence-corrected chi connectivity index (χ3v) is 4.75. The number of amides is 1.